The van der Waals surface area contributed by atoms with Gasteiger partial charge in [0.2, 0.25) is 0 Å². The van der Waals surface area contributed by atoms with Crippen molar-refractivity contribution in [3.63, 3.8) is 0 Å². The molecule has 0 bridgehead atoms. The van der Waals surface area contributed by atoms with Crippen LogP contribution in [0.15, 0.2) is 54.6 Å². The fourth-order valence-corrected chi connectivity index (χ4v) is 6.38. The van der Waals surface area contributed by atoms with Crippen LogP contribution in [0.3, 0.4) is 0 Å². The van der Waals surface area contributed by atoms with Crippen molar-refractivity contribution < 1.29 is 29.0 Å². The van der Waals surface area contributed by atoms with E-state index in [4.69, 9.17) is 77.3 Å². The lowest BCUT2D eigenvalue weighted by Gasteiger charge is -2.15. The van der Waals surface area contributed by atoms with Gasteiger partial charge in [0.1, 0.15) is 22.7 Å². The van der Waals surface area contributed by atoms with Crippen LogP contribution in [0.25, 0.3) is 44.8 Å². The molecule has 16 heteroatoms. The molecule has 0 spiro atoms. The van der Waals surface area contributed by atoms with Crippen molar-refractivity contribution in [1.29, 1.82) is 0 Å². The number of carbonyl (C=O) groups excluding carboxylic acids is 2. The first kappa shape index (κ1) is 33.9. The predicted molar refractivity (Wildman–Crippen MR) is 187 cm³/mol. The van der Waals surface area contributed by atoms with Gasteiger partial charge in [-0.2, -0.15) is 0 Å². The fraction of sp³-hybridized carbons (Fsp3) is 0.121. The molecule has 0 radical (unpaired) electrons. The van der Waals surface area contributed by atoms with Crippen molar-refractivity contribution in [2.75, 3.05) is 14.2 Å². The highest BCUT2D eigenvalue weighted by Gasteiger charge is 2.26. The zero-order valence-electron chi connectivity index (χ0n) is 25.6. The minimum atomic E-state index is -1.27. The van der Waals surface area contributed by atoms with Crippen LogP contribution in [0.5, 0.6) is 11.5 Å². The van der Waals surface area contributed by atoms with Gasteiger partial charge >= 0.3 is 5.97 Å². The molecule has 0 aliphatic heterocycles. The van der Waals surface area contributed by atoms with Crippen LogP contribution >= 0.6 is 46.4 Å². The minimum absolute atomic E-state index is 0.0412. The van der Waals surface area contributed by atoms with Gasteiger partial charge in [0.25, 0.3) is 11.8 Å². The van der Waals surface area contributed by atoms with Crippen molar-refractivity contribution in [3.05, 3.63) is 91.4 Å². The summed E-state index contributed by atoms with van der Waals surface area (Å²) in [4.78, 5) is 46.6. The zero-order valence-corrected chi connectivity index (χ0v) is 28.6. The molecule has 0 fully saturated rings. The highest BCUT2D eigenvalue weighted by atomic mass is 35.5. The monoisotopic (exact) mass is 740 g/mol. The summed E-state index contributed by atoms with van der Waals surface area (Å²) in [5.74, 6) is -1.76. The standard InChI is InChI=1S/C33H24Cl4N6O6/c1-48-27-15(29(38)44)4-7-23-25(27)40-31(14-3-6-19(34)20(35)11-14)42(23)9-10-43-24-8-5-16(30(39)45)28(49-2)26(24)41-32(43)17-12-21(36)22(37)13-18(17)33(46)47/h3-8,11-13H,9-10H2,1-2H3,(H2,38,44)(H2,39,45)(H,46,47). The fourth-order valence-electron chi connectivity index (χ4n) is 5.76. The van der Waals surface area contributed by atoms with Gasteiger partial charge in [0, 0.05) is 24.2 Å². The molecular formula is C33H24Cl4N6O6. The molecule has 2 amide bonds. The van der Waals surface area contributed by atoms with E-state index in [9.17, 15) is 19.5 Å². The van der Waals surface area contributed by atoms with E-state index in [1.807, 2.05) is 4.57 Å². The van der Waals surface area contributed by atoms with Crippen LogP contribution in [-0.2, 0) is 13.1 Å². The van der Waals surface area contributed by atoms with Gasteiger partial charge in [-0.3, -0.25) is 9.59 Å². The number of carbonyl (C=O) groups is 3. The van der Waals surface area contributed by atoms with Crippen LogP contribution in [0.2, 0.25) is 20.1 Å². The molecule has 12 nitrogen and oxygen atoms in total. The average Bonchev–Trinajstić information content (AvgIpc) is 3.63. The molecule has 0 atom stereocenters. The van der Waals surface area contributed by atoms with Crippen molar-refractivity contribution >= 4 is 86.3 Å². The molecular weight excluding hydrogens is 718 g/mol. The summed E-state index contributed by atoms with van der Waals surface area (Å²) in [5, 5.41) is 10.9. The Kier molecular flexibility index (Phi) is 9.07. The average molecular weight is 742 g/mol. The lowest BCUT2D eigenvalue weighted by molar-refractivity contribution is 0.0697. The number of imidazole rings is 2. The number of rotatable bonds is 10. The van der Waals surface area contributed by atoms with Crippen molar-refractivity contribution in [3.8, 4) is 34.3 Å². The second kappa shape index (κ2) is 13.1. The number of ether oxygens (including phenoxy) is 2. The molecule has 6 aromatic rings. The minimum Gasteiger partial charge on any atom is -0.494 e. The zero-order chi connectivity index (χ0) is 35.3. The quantitative estimate of drug-likeness (QED) is 0.135. The Morgan fingerprint density at radius 1 is 0.673 bits per heavy atom. The Morgan fingerprint density at radius 3 is 1.65 bits per heavy atom. The van der Waals surface area contributed by atoms with E-state index in [0.29, 0.717) is 38.0 Å². The predicted octanol–water partition coefficient (Wildman–Crippen LogP) is 6.95. The number of carboxylic acids is 1. The molecule has 49 heavy (non-hydrogen) atoms. The summed E-state index contributed by atoms with van der Waals surface area (Å²) in [6.07, 6.45) is 0. The number of hydrogen-bond acceptors (Lipinski definition) is 7. The molecule has 0 saturated carbocycles. The van der Waals surface area contributed by atoms with E-state index in [2.05, 4.69) is 0 Å². The van der Waals surface area contributed by atoms with Gasteiger partial charge in [-0.1, -0.05) is 46.4 Å². The van der Waals surface area contributed by atoms with Crippen LogP contribution in [0.4, 0.5) is 0 Å². The number of aryl methyl sites for hydroxylation is 2. The highest BCUT2D eigenvalue weighted by molar-refractivity contribution is 6.43. The smallest absolute Gasteiger partial charge is 0.336 e. The molecule has 4 aromatic carbocycles. The number of nitrogens with zero attached hydrogens (tertiary/aromatic N) is 4. The summed E-state index contributed by atoms with van der Waals surface area (Å²) in [6, 6.07) is 14.1. The van der Waals surface area contributed by atoms with Crippen LogP contribution in [-0.4, -0.2) is 56.2 Å². The van der Waals surface area contributed by atoms with Gasteiger partial charge in [0.05, 0.1) is 62.0 Å². The van der Waals surface area contributed by atoms with E-state index in [1.165, 1.54) is 32.4 Å². The molecule has 2 aromatic heterocycles. The van der Waals surface area contributed by atoms with Crippen LogP contribution in [0.1, 0.15) is 31.1 Å². The number of fused-ring (bicyclic) bond motifs is 2. The number of hydrogen-bond donors (Lipinski definition) is 3. The topological polar surface area (TPSA) is 178 Å². The highest BCUT2D eigenvalue weighted by Crippen LogP contribution is 2.39. The third-order valence-electron chi connectivity index (χ3n) is 7.94. The summed E-state index contributed by atoms with van der Waals surface area (Å²) >= 11 is 25.2. The SMILES string of the molecule is COc1c(C(N)=O)ccc2c1nc(-c1ccc(Cl)c(Cl)c1)n2CCn1c(-c2cc(Cl)c(Cl)cc2C(=O)O)nc2c(OC)c(C(N)=O)ccc21. The maximum absolute atomic E-state index is 12.4. The van der Waals surface area contributed by atoms with Gasteiger partial charge in [-0.25, -0.2) is 14.8 Å². The van der Waals surface area contributed by atoms with E-state index in [-0.39, 0.29) is 68.2 Å². The van der Waals surface area contributed by atoms with Gasteiger partial charge < -0.3 is 35.2 Å². The first-order valence-electron chi connectivity index (χ1n) is 14.3. The molecule has 0 unspecified atom stereocenters. The Labute approximate surface area is 297 Å². The number of amides is 2. The largest absolute Gasteiger partial charge is 0.494 e. The van der Waals surface area contributed by atoms with Crippen molar-refractivity contribution in [1.82, 2.24) is 19.1 Å². The van der Waals surface area contributed by atoms with Gasteiger partial charge in [0.15, 0.2) is 11.5 Å². The summed E-state index contributed by atoms with van der Waals surface area (Å²) in [6.45, 7) is 0.358. The third kappa shape index (κ3) is 5.86. The summed E-state index contributed by atoms with van der Waals surface area (Å²) < 4.78 is 14.8. The van der Waals surface area contributed by atoms with Crippen LogP contribution < -0.4 is 20.9 Å². The lowest BCUT2D eigenvalue weighted by Crippen LogP contribution is -2.13. The van der Waals surface area contributed by atoms with E-state index in [1.54, 1.807) is 41.0 Å². The Bertz CT molecular complexity index is 2370. The molecule has 2 heterocycles. The molecule has 5 N–H and O–H groups in total. The van der Waals surface area contributed by atoms with Crippen molar-refractivity contribution in [2.45, 2.75) is 13.1 Å². The molecule has 6 rings (SSSR count). The number of halogens is 4. The van der Waals surface area contributed by atoms with E-state index in [0.717, 1.165) is 0 Å². The number of methoxy groups -OCH3 is 2. The molecule has 0 aliphatic rings. The molecule has 0 aliphatic carbocycles. The first-order chi connectivity index (χ1) is 23.4. The molecule has 0 saturated heterocycles. The van der Waals surface area contributed by atoms with Crippen molar-refractivity contribution in [2.24, 2.45) is 11.5 Å². The maximum Gasteiger partial charge on any atom is 0.336 e. The number of aromatic carboxylic acids is 1. The van der Waals surface area contributed by atoms with Crippen LogP contribution in [0, 0.1) is 0 Å². The van der Waals surface area contributed by atoms with E-state index >= 15 is 0 Å². The summed E-state index contributed by atoms with van der Waals surface area (Å²) in [7, 11) is 2.78. The number of nitrogens with two attached hydrogens (primary N) is 2. The Hall–Kier alpha value is -5.01. The Balaban J connectivity index is 1.61. The normalized spacial score (nSPS) is 11.3. The third-order valence-corrected chi connectivity index (χ3v) is 9.41. The molecule has 250 valence electrons. The number of aromatic nitrogens is 4. The van der Waals surface area contributed by atoms with E-state index < -0.39 is 17.8 Å². The number of benzene rings is 4. The first-order valence-corrected chi connectivity index (χ1v) is 15.8. The Morgan fingerprint density at radius 2 is 1.16 bits per heavy atom. The maximum atomic E-state index is 12.4. The second-order valence-electron chi connectivity index (χ2n) is 10.7. The lowest BCUT2D eigenvalue weighted by atomic mass is 10.1. The second-order valence-corrected chi connectivity index (χ2v) is 12.3. The van der Waals surface area contributed by atoms with Gasteiger partial charge in [-0.15, -0.1) is 0 Å². The summed E-state index contributed by atoms with van der Waals surface area (Å²) in [5.41, 5.74) is 13.8. The number of carboxylic acid groups (broad SMARTS) is 1. The number of primary amides is 2. The van der Waals surface area contributed by atoms with Gasteiger partial charge in [-0.05, 0) is 54.6 Å².